The van der Waals surface area contributed by atoms with Crippen molar-refractivity contribution < 1.29 is 39.5 Å². The molecule has 0 amide bonds. The Hall–Kier alpha value is -8.34. The van der Waals surface area contributed by atoms with Gasteiger partial charge in [-0.25, -0.2) is 0 Å². The molecule has 1 saturated carbocycles. The Morgan fingerprint density at radius 1 is 0.352 bits per heavy atom. The summed E-state index contributed by atoms with van der Waals surface area (Å²) in [6.07, 6.45) is -16.6. The molecule has 1 aliphatic rings. The first kappa shape index (κ1) is 38.5. The van der Waals surface area contributed by atoms with E-state index in [0.717, 1.165) is 0 Å². The average Bonchev–Trinajstić information content (AvgIpc) is 3.82. The summed E-state index contributed by atoms with van der Waals surface area (Å²) in [7, 11) is 0. The lowest BCUT2D eigenvalue weighted by atomic mass is 9.91. The van der Waals surface area contributed by atoms with Gasteiger partial charge in [0, 0.05) is 33.4 Å². The quantitative estimate of drug-likeness (QED) is 0.187. The van der Waals surface area contributed by atoms with Gasteiger partial charge in [0.1, 0.15) is 18.2 Å². The summed E-state index contributed by atoms with van der Waals surface area (Å²) in [4.78, 5) is 0. The highest BCUT2D eigenvalue weighted by Crippen LogP contribution is 2.58. The summed E-state index contributed by atoms with van der Waals surface area (Å²) >= 11 is 0. The van der Waals surface area contributed by atoms with Gasteiger partial charge in [-0.2, -0.15) is 86.9 Å². The monoisotopic (exact) mass is 735 g/mol. The molecule has 4 rings (SSSR count). The van der Waals surface area contributed by atoms with Gasteiger partial charge in [0.25, 0.3) is 0 Å². The lowest BCUT2D eigenvalue weighted by molar-refractivity contribution is -0.138. The summed E-state index contributed by atoms with van der Waals surface area (Å²) in [5.41, 5.74) is -22.4. The number of nitrogens with zero attached hydrogens (tertiary/aromatic N) is 9. The lowest BCUT2D eigenvalue weighted by Gasteiger charge is -2.15. The van der Waals surface area contributed by atoms with Gasteiger partial charge in [-0.1, -0.05) is 0 Å². The van der Waals surface area contributed by atoms with Crippen molar-refractivity contribution in [1.29, 1.82) is 47.4 Å². The molecule has 0 aromatic heterocycles. The largest absolute Gasteiger partial charge is 0.418 e. The van der Waals surface area contributed by atoms with Gasteiger partial charge in [0.05, 0.1) is 103 Å². The third-order valence-electron chi connectivity index (χ3n) is 7.60. The molecule has 54 heavy (non-hydrogen) atoms. The normalized spacial score (nSPS) is 11.9. The van der Waals surface area contributed by atoms with Crippen molar-refractivity contribution in [3.63, 3.8) is 0 Å². The first-order chi connectivity index (χ1) is 25.3. The van der Waals surface area contributed by atoms with Crippen LogP contribution >= 0.6 is 0 Å². The Kier molecular flexibility index (Phi) is 9.80. The number of alkyl halides is 9. The van der Waals surface area contributed by atoms with Crippen LogP contribution in [0.3, 0.4) is 0 Å². The maximum absolute atomic E-state index is 14.5. The van der Waals surface area contributed by atoms with E-state index in [4.69, 9.17) is 0 Å². The van der Waals surface area contributed by atoms with Gasteiger partial charge in [-0.05, 0) is 36.4 Å². The van der Waals surface area contributed by atoms with E-state index in [-0.39, 0.29) is 0 Å². The second kappa shape index (κ2) is 13.8. The van der Waals surface area contributed by atoms with Crippen molar-refractivity contribution in [3.8, 4) is 54.6 Å². The smallest absolute Gasteiger partial charge is 0.192 e. The van der Waals surface area contributed by atoms with Crippen LogP contribution in [-0.4, -0.2) is 0 Å². The number of benzene rings is 3. The summed E-state index contributed by atoms with van der Waals surface area (Å²) in [5.74, 6) is 0. The molecule has 0 spiro atoms. The third kappa shape index (κ3) is 6.61. The summed E-state index contributed by atoms with van der Waals surface area (Å²) in [6.45, 7) is 0. The molecule has 3 aromatic carbocycles. The molecule has 258 valence electrons. The molecule has 0 atom stereocenters. The lowest BCUT2D eigenvalue weighted by Crippen LogP contribution is -2.12. The molecule has 1 aliphatic carbocycles. The Labute approximate surface area is 296 Å². The summed E-state index contributed by atoms with van der Waals surface area (Å²) in [5, 5.41) is 87.9. The zero-order chi connectivity index (χ0) is 40.5. The van der Waals surface area contributed by atoms with E-state index in [0.29, 0.717) is 36.4 Å². The summed E-state index contributed by atoms with van der Waals surface area (Å²) < 4.78 is 131. The Morgan fingerprint density at radius 2 is 0.574 bits per heavy atom. The topological polar surface area (TPSA) is 214 Å². The SMILES string of the molecule is N#CC(=C1C(=C(C#N)c2cc(C#N)cc(C#N)c2C(F)(F)F)C1=C(C#N)c1cc(C#N)cc(C#N)c1C(F)(F)F)c1cc(C#N)cc(C#N)c1C(F)(F)F. The maximum Gasteiger partial charge on any atom is 0.418 e. The second-order valence-corrected chi connectivity index (χ2v) is 10.6. The van der Waals surface area contributed by atoms with Crippen molar-refractivity contribution in [3.05, 3.63) is 120 Å². The fourth-order valence-electron chi connectivity index (χ4n) is 5.58. The van der Waals surface area contributed by atoms with Gasteiger partial charge in [0.2, 0.25) is 0 Å². The van der Waals surface area contributed by atoms with Gasteiger partial charge in [-0.3, -0.25) is 0 Å². The molecule has 0 bridgehead atoms. The van der Waals surface area contributed by atoms with Crippen LogP contribution in [-0.2, 0) is 18.5 Å². The Balaban J connectivity index is 2.48. The zero-order valence-corrected chi connectivity index (χ0v) is 25.9. The highest BCUT2D eigenvalue weighted by atomic mass is 19.4. The van der Waals surface area contributed by atoms with Crippen LogP contribution in [0, 0.1) is 102 Å². The minimum Gasteiger partial charge on any atom is -0.192 e. The minimum absolute atomic E-state index is 0.428. The van der Waals surface area contributed by atoms with Crippen LogP contribution in [0.5, 0.6) is 0 Å². The molecule has 0 aliphatic heterocycles. The van der Waals surface area contributed by atoms with Crippen molar-refractivity contribution in [2.75, 3.05) is 0 Å². The highest BCUT2D eigenvalue weighted by Gasteiger charge is 2.48. The van der Waals surface area contributed by atoms with Crippen LogP contribution in [0.4, 0.5) is 39.5 Å². The molecular formula is C36H6F9N9. The standard InChI is InChI=1S/C36H6F9N9/c37-34(38,39)31-19(10-49)1-16(7-46)4-22(31)25(13-52)28-29(26(14-53)23-5-17(8-47)2-20(11-50)32(23)35(40,41)42)30(28)27(15-54)24-6-18(9-48)3-21(12-51)33(24)36(43,44)45/h1-6H. The predicted molar refractivity (Wildman–Crippen MR) is 160 cm³/mol. The van der Waals surface area contributed by atoms with Crippen molar-refractivity contribution in [2.45, 2.75) is 18.5 Å². The van der Waals surface area contributed by atoms with Crippen molar-refractivity contribution in [2.24, 2.45) is 0 Å². The maximum atomic E-state index is 14.5. The third-order valence-corrected chi connectivity index (χ3v) is 7.60. The van der Waals surface area contributed by atoms with Crippen LogP contribution in [0.25, 0.3) is 16.7 Å². The first-order valence-electron chi connectivity index (χ1n) is 13.9. The van der Waals surface area contributed by atoms with Crippen LogP contribution in [0.1, 0.15) is 66.8 Å². The highest BCUT2D eigenvalue weighted by molar-refractivity contribution is 6.13. The number of nitriles is 9. The molecule has 0 unspecified atom stereocenters. The first-order valence-corrected chi connectivity index (χ1v) is 13.9. The van der Waals surface area contributed by atoms with E-state index in [1.54, 1.807) is 0 Å². The molecule has 3 aromatic rings. The number of hydrogen-bond donors (Lipinski definition) is 0. The van der Waals surface area contributed by atoms with Gasteiger partial charge in [0.15, 0.2) is 0 Å². The van der Waals surface area contributed by atoms with E-state index in [1.807, 2.05) is 0 Å². The van der Waals surface area contributed by atoms with E-state index in [1.165, 1.54) is 54.6 Å². The fraction of sp³-hybridized carbons (Fsp3) is 0.0833. The second-order valence-electron chi connectivity index (χ2n) is 10.6. The van der Waals surface area contributed by atoms with Gasteiger partial charge < -0.3 is 0 Å². The van der Waals surface area contributed by atoms with Gasteiger partial charge in [-0.15, -0.1) is 0 Å². The minimum atomic E-state index is -5.52. The van der Waals surface area contributed by atoms with E-state index < -0.39 is 119 Å². The fourth-order valence-corrected chi connectivity index (χ4v) is 5.58. The number of halogens is 9. The van der Waals surface area contributed by atoms with Crippen molar-refractivity contribution >= 4 is 16.7 Å². The molecule has 0 radical (unpaired) electrons. The number of allylic oxidation sites excluding steroid dienone is 6. The number of rotatable bonds is 3. The van der Waals surface area contributed by atoms with Crippen molar-refractivity contribution in [1.82, 2.24) is 0 Å². The molecule has 0 N–H and O–H groups in total. The molecule has 0 heterocycles. The molecular weight excluding hydrogens is 729 g/mol. The van der Waals surface area contributed by atoms with E-state index in [2.05, 4.69) is 0 Å². The zero-order valence-electron chi connectivity index (χ0n) is 25.9. The van der Waals surface area contributed by atoms with Crippen LogP contribution < -0.4 is 0 Å². The molecule has 1 fully saturated rings. The van der Waals surface area contributed by atoms with E-state index >= 15 is 0 Å². The molecule has 18 heteroatoms. The number of hydrogen-bond acceptors (Lipinski definition) is 9. The molecule has 9 nitrogen and oxygen atoms in total. The molecule has 0 saturated heterocycles. The van der Waals surface area contributed by atoms with E-state index in [9.17, 15) is 86.9 Å². The Morgan fingerprint density at radius 3 is 0.722 bits per heavy atom. The van der Waals surface area contributed by atoms with Crippen LogP contribution in [0.15, 0.2) is 53.1 Å². The van der Waals surface area contributed by atoms with Gasteiger partial charge >= 0.3 is 18.5 Å². The predicted octanol–water partition coefficient (Wildman–Crippen LogP) is 8.22. The average molecular weight is 735 g/mol. The Bertz CT molecular complexity index is 2410. The summed E-state index contributed by atoms with van der Waals surface area (Å²) in [6, 6.07) is 14.6. The van der Waals surface area contributed by atoms with Crippen LogP contribution in [0.2, 0.25) is 0 Å².